The van der Waals surface area contributed by atoms with Crippen LogP contribution in [0.4, 0.5) is 11.4 Å². The van der Waals surface area contributed by atoms with Crippen LogP contribution in [0.2, 0.25) is 0 Å². The van der Waals surface area contributed by atoms with Gasteiger partial charge in [-0.15, -0.1) is 0 Å². The summed E-state index contributed by atoms with van der Waals surface area (Å²) in [5, 5.41) is 11.6. The van der Waals surface area contributed by atoms with E-state index in [1.807, 2.05) is 0 Å². The molecule has 1 heterocycles. The molecule has 0 saturated carbocycles. The van der Waals surface area contributed by atoms with Crippen molar-refractivity contribution in [1.29, 1.82) is 0 Å². The third-order valence-corrected chi connectivity index (χ3v) is 5.96. The Balaban J connectivity index is 2.13. The van der Waals surface area contributed by atoms with E-state index >= 15 is 0 Å². The first-order chi connectivity index (χ1) is 14.6. The van der Waals surface area contributed by atoms with Crippen LogP contribution in [-0.2, 0) is 14.8 Å². The molecule has 31 heavy (non-hydrogen) atoms. The quantitative estimate of drug-likeness (QED) is 0.324. The molecule has 0 bridgehead atoms. The molecule has 0 aliphatic carbocycles. The number of esters is 1. The number of nitro groups is 1. The van der Waals surface area contributed by atoms with E-state index in [1.165, 1.54) is 43.0 Å². The number of anilines is 1. The minimum absolute atomic E-state index is 0.0257. The molecule has 0 fully saturated rings. The molecule has 162 valence electrons. The fourth-order valence-electron chi connectivity index (χ4n) is 3.38. The molecular weight excluding hydrogens is 426 g/mol. The van der Waals surface area contributed by atoms with E-state index in [4.69, 9.17) is 4.74 Å². The lowest BCUT2D eigenvalue weighted by molar-refractivity contribution is -0.384. The first-order valence-corrected chi connectivity index (χ1v) is 10.9. The normalized spacial score (nSPS) is 12.4. The number of ether oxygens (including phenoxy) is 1. The number of para-hydroxylation sites is 1. The summed E-state index contributed by atoms with van der Waals surface area (Å²) in [6.07, 6.45) is 2.20. The number of hydrogen-bond acceptors (Lipinski definition) is 7. The van der Waals surface area contributed by atoms with Crippen LogP contribution in [0.5, 0.6) is 0 Å². The van der Waals surface area contributed by atoms with E-state index in [0.29, 0.717) is 10.9 Å². The maximum atomic E-state index is 13.3. The van der Waals surface area contributed by atoms with Gasteiger partial charge < -0.3 is 4.74 Å². The minimum atomic E-state index is -4.00. The van der Waals surface area contributed by atoms with Crippen LogP contribution in [-0.4, -0.2) is 49.2 Å². The number of rotatable bonds is 6. The van der Waals surface area contributed by atoms with E-state index in [9.17, 15) is 28.1 Å². The number of sulfonamides is 1. The third kappa shape index (κ3) is 4.12. The van der Waals surface area contributed by atoms with Gasteiger partial charge in [0.15, 0.2) is 0 Å². The maximum absolute atomic E-state index is 13.3. The minimum Gasteiger partial charge on any atom is -0.465 e. The highest BCUT2D eigenvalue weighted by Gasteiger charge is 2.32. The Labute approximate surface area is 177 Å². The molecule has 10 nitrogen and oxygen atoms in total. The van der Waals surface area contributed by atoms with Crippen molar-refractivity contribution in [2.24, 2.45) is 0 Å². The maximum Gasteiger partial charge on any atom is 0.340 e. The van der Waals surface area contributed by atoms with Gasteiger partial charge in [-0.05, 0) is 19.1 Å². The second kappa shape index (κ2) is 8.19. The first-order valence-electron chi connectivity index (χ1n) is 9.02. The standard InChI is InChI=1S/C20H19N3O7S/c1-13(22(31(3,28)29)14-7-6-8-15(11-14)23(26)27)19(24)21-12-17(20(25)30-2)16-9-4-5-10-18(16)21/h4-13H,1-3H3. The monoisotopic (exact) mass is 445 g/mol. The molecule has 0 N–H and O–H groups in total. The van der Waals surface area contributed by atoms with Crippen molar-refractivity contribution >= 4 is 44.2 Å². The smallest absolute Gasteiger partial charge is 0.340 e. The molecule has 0 spiro atoms. The molecule has 1 aromatic heterocycles. The molecule has 1 atom stereocenters. The SMILES string of the molecule is COC(=O)c1cn(C(=O)C(C)N(c2cccc([N+](=O)[O-])c2)S(C)(=O)=O)c2ccccc12. The Bertz CT molecular complexity index is 1300. The van der Waals surface area contributed by atoms with Crippen molar-refractivity contribution in [2.45, 2.75) is 13.0 Å². The van der Waals surface area contributed by atoms with Crippen molar-refractivity contribution in [2.75, 3.05) is 17.7 Å². The number of benzene rings is 2. The lowest BCUT2D eigenvalue weighted by Crippen LogP contribution is -2.44. The predicted octanol–water partition coefficient (Wildman–Crippen LogP) is 2.83. The van der Waals surface area contributed by atoms with Gasteiger partial charge in [0.25, 0.3) is 11.6 Å². The largest absolute Gasteiger partial charge is 0.465 e. The van der Waals surface area contributed by atoms with Gasteiger partial charge >= 0.3 is 5.97 Å². The number of hydrogen-bond donors (Lipinski definition) is 0. The first kappa shape index (κ1) is 22.0. The number of nitro benzene ring substituents is 1. The fraction of sp³-hybridized carbons (Fsp3) is 0.200. The number of nitrogens with zero attached hydrogens (tertiary/aromatic N) is 3. The molecule has 0 radical (unpaired) electrons. The second-order valence-electron chi connectivity index (χ2n) is 6.77. The van der Waals surface area contributed by atoms with Crippen molar-refractivity contribution in [1.82, 2.24) is 4.57 Å². The van der Waals surface area contributed by atoms with Crippen LogP contribution in [0.15, 0.2) is 54.7 Å². The molecule has 1 unspecified atom stereocenters. The van der Waals surface area contributed by atoms with Gasteiger partial charge in [-0.2, -0.15) is 0 Å². The summed E-state index contributed by atoms with van der Waals surface area (Å²) in [5.74, 6) is -1.29. The Kier molecular flexibility index (Phi) is 5.80. The van der Waals surface area contributed by atoms with Crippen LogP contribution in [0.25, 0.3) is 10.9 Å². The van der Waals surface area contributed by atoms with Gasteiger partial charge in [-0.1, -0.05) is 24.3 Å². The third-order valence-electron chi connectivity index (χ3n) is 4.72. The zero-order chi connectivity index (χ0) is 22.9. The summed E-state index contributed by atoms with van der Waals surface area (Å²) in [6.45, 7) is 1.37. The molecule has 0 saturated heterocycles. The van der Waals surface area contributed by atoms with Gasteiger partial charge in [0.2, 0.25) is 10.0 Å². The summed E-state index contributed by atoms with van der Waals surface area (Å²) in [4.78, 5) is 35.9. The lowest BCUT2D eigenvalue weighted by atomic mass is 10.2. The van der Waals surface area contributed by atoms with Crippen LogP contribution in [0, 0.1) is 10.1 Å². The average Bonchev–Trinajstić information content (AvgIpc) is 3.11. The van der Waals surface area contributed by atoms with Crippen LogP contribution < -0.4 is 4.31 Å². The van der Waals surface area contributed by atoms with Gasteiger partial charge in [0.1, 0.15) is 6.04 Å². The lowest BCUT2D eigenvalue weighted by Gasteiger charge is -2.28. The van der Waals surface area contributed by atoms with Gasteiger partial charge in [0.05, 0.1) is 35.1 Å². The summed E-state index contributed by atoms with van der Waals surface area (Å²) in [7, 11) is -2.78. The number of carbonyl (C=O) groups excluding carboxylic acids is 2. The molecule has 3 aromatic rings. The molecule has 11 heteroatoms. The van der Waals surface area contributed by atoms with Crippen molar-refractivity contribution in [3.63, 3.8) is 0 Å². The van der Waals surface area contributed by atoms with Crippen molar-refractivity contribution < 1.29 is 27.7 Å². The Morgan fingerprint density at radius 3 is 2.45 bits per heavy atom. The second-order valence-corrected chi connectivity index (χ2v) is 8.63. The van der Waals surface area contributed by atoms with Crippen LogP contribution in [0.1, 0.15) is 22.1 Å². The van der Waals surface area contributed by atoms with Gasteiger partial charge in [-0.25, -0.2) is 13.2 Å². The molecule has 0 aliphatic rings. The van der Waals surface area contributed by atoms with Crippen molar-refractivity contribution in [3.8, 4) is 0 Å². The highest BCUT2D eigenvalue weighted by molar-refractivity contribution is 7.92. The number of carbonyl (C=O) groups is 2. The molecule has 3 rings (SSSR count). The van der Waals surface area contributed by atoms with Crippen molar-refractivity contribution in [3.05, 3.63) is 70.4 Å². The zero-order valence-corrected chi connectivity index (χ0v) is 17.7. The van der Waals surface area contributed by atoms with Crippen LogP contribution in [0.3, 0.4) is 0 Å². The van der Waals surface area contributed by atoms with E-state index < -0.39 is 32.9 Å². The number of methoxy groups -OCH3 is 1. The summed E-state index contributed by atoms with van der Waals surface area (Å²) in [5.41, 5.74) is 0.208. The summed E-state index contributed by atoms with van der Waals surface area (Å²) in [6, 6.07) is 10.4. The molecule has 0 amide bonds. The summed E-state index contributed by atoms with van der Waals surface area (Å²) >= 11 is 0. The predicted molar refractivity (Wildman–Crippen MR) is 114 cm³/mol. The molecule has 2 aromatic carbocycles. The highest BCUT2D eigenvalue weighted by Crippen LogP contribution is 2.28. The Morgan fingerprint density at radius 1 is 1.16 bits per heavy atom. The van der Waals surface area contributed by atoms with Gasteiger partial charge in [0, 0.05) is 23.7 Å². The Morgan fingerprint density at radius 2 is 1.84 bits per heavy atom. The van der Waals surface area contributed by atoms with E-state index in [-0.39, 0.29) is 16.9 Å². The number of fused-ring (bicyclic) bond motifs is 1. The Hall–Kier alpha value is -3.73. The molecular formula is C20H19N3O7S. The zero-order valence-electron chi connectivity index (χ0n) is 16.9. The molecule has 0 aliphatic heterocycles. The van der Waals surface area contributed by atoms with E-state index in [0.717, 1.165) is 16.6 Å². The van der Waals surface area contributed by atoms with Crippen LogP contribution >= 0.6 is 0 Å². The van der Waals surface area contributed by atoms with E-state index in [2.05, 4.69) is 0 Å². The topological polar surface area (TPSA) is 129 Å². The van der Waals surface area contributed by atoms with Gasteiger partial charge in [-0.3, -0.25) is 23.8 Å². The highest BCUT2D eigenvalue weighted by atomic mass is 32.2. The fourth-order valence-corrected chi connectivity index (χ4v) is 4.54. The van der Waals surface area contributed by atoms with E-state index in [1.54, 1.807) is 24.3 Å². The average molecular weight is 445 g/mol. The number of aromatic nitrogens is 1. The summed E-state index contributed by atoms with van der Waals surface area (Å²) < 4.78 is 31.8. The number of non-ortho nitro benzene ring substituents is 1.